The first-order valence-electron chi connectivity index (χ1n) is 5.00. The van der Waals surface area contributed by atoms with E-state index in [1.807, 2.05) is 25.1 Å². The number of nitrogens with zero attached hydrogens (tertiary/aromatic N) is 2. The van der Waals surface area contributed by atoms with Crippen LogP contribution in [0.15, 0.2) is 47.6 Å². The first kappa shape index (κ1) is 13.4. The topological polar surface area (TPSA) is 45.5 Å². The minimum absolute atomic E-state index is 0. The molecule has 1 aromatic heterocycles. The van der Waals surface area contributed by atoms with Gasteiger partial charge in [-0.15, -0.1) is 0 Å². The quantitative estimate of drug-likeness (QED) is 0.677. The summed E-state index contributed by atoms with van der Waals surface area (Å²) in [6.07, 6.45) is 3.32. The largest absolute Gasteiger partial charge is 0.507 e. The van der Waals surface area contributed by atoms with Gasteiger partial charge in [0.1, 0.15) is 5.75 Å². The van der Waals surface area contributed by atoms with Crippen LogP contribution in [0.5, 0.6) is 5.75 Å². The molecular weight excluding hydrogens is 264 g/mol. The van der Waals surface area contributed by atoms with Crippen molar-refractivity contribution < 1.29 is 22.2 Å². The Morgan fingerprint density at radius 1 is 1.24 bits per heavy atom. The van der Waals surface area contributed by atoms with Gasteiger partial charge in [0, 0.05) is 35.0 Å². The van der Waals surface area contributed by atoms with E-state index in [1.54, 1.807) is 30.6 Å². The van der Waals surface area contributed by atoms with Gasteiger partial charge in [-0.2, -0.15) is 0 Å². The standard InChI is InChI=1S/C13H12N2O.Cu/c1-10-6-7-14-13(8-10)15-9-11-4-2-3-5-12(11)16;/h2-9,16H,1H3;. The number of hydrogen-bond acceptors (Lipinski definition) is 3. The molecule has 0 saturated carbocycles. The van der Waals surface area contributed by atoms with E-state index >= 15 is 0 Å². The molecule has 0 aliphatic carbocycles. The number of phenols is 1. The number of para-hydroxylation sites is 1. The summed E-state index contributed by atoms with van der Waals surface area (Å²) >= 11 is 0. The van der Waals surface area contributed by atoms with Gasteiger partial charge in [0.15, 0.2) is 5.82 Å². The zero-order chi connectivity index (χ0) is 11.4. The molecule has 0 saturated heterocycles. The molecule has 1 heterocycles. The Balaban J connectivity index is 0.00000144. The molecule has 91 valence electrons. The predicted octanol–water partition coefficient (Wildman–Crippen LogP) is 2.84. The molecule has 1 aromatic carbocycles. The summed E-state index contributed by atoms with van der Waals surface area (Å²) in [5.74, 6) is 0.863. The fraction of sp³-hybridized carbons (Fsp3) is 0.0769. The second-order valence-electron chi connectivity index (χ2n) is 3.51. The van der Waals surface area contributed by atoms with Crippen molar-refractivity contribution in [2.45, 2.75) is 6.92 Å². The molecule has 0 amide bonds. The number of rotatable bonds is 2. The van der Waals surface area contributed by atoms with E-state index in [-0.39, 0.29) is 22.8 Å². The third kappa shape index (κ3) is 3.70. The summed E-state index contributed by atoms with van der Waals surface area (Å²) in [5, 5.41) is 9.53. The van der Waals surface area contributed by atoms with E-state index in [2.05, 4.69) is 9.98 Å². The van der Waals surface area contributed by atoms with Crippen LogP contribution in [-0.2, 0) is 17.1 Å². The van der Waals surface area contributed by atoms with Crippen molar-refractivity contribution in [2.24, 2.45) is 4.99 Å². The fourth-order valence-electron chi connectivity index (χ4n) is 1.32. The van der Waals surface area contributed by atoms with Gasteiger partial charge in [0.25, 0.3) is 0 Å². The van der Waals surface area contributed by atoms with Crippen LogP contribution in [0.2, 0.25) is 0 Å². The molecule has 0 fully saturated rings. The number of aryl methyl sites for hydroxylation is 1. The second-order valence-corrected chi connectivity index (χ2v) is 3.51. The third-order valence-electron chi connectivity index (χ3n) is 2.17. The molecule has 17 heavy (non-hydrogen) atoms. The van der Waals surface area contributed by atoms with Crippen molar-refractivity contribution >= 4 is 12.0 Å². The molecule has 2 rings (SSSR count). The van der Waals surface area contributed by atoms with Crippen LogP contribution >= 0.6 is 0 Å². The minimum atomic E-state index is 0. The summed E-state index contributed by atoms with van der Waals surface area (Å²) in [4.78, 5) is 8.31. The maximum atomic E-state index is 9.53. The smallest absolute Gasteiger partial charge is 0.151 e. The van der Waals surface area contributed by atoms with E-state index in [0.29, 0.717) is 11.4 Å². The van der Waals surface area contributed by atoms with Gasteiger partial charge >= 0.3 is 0 Å². The molecule has 0 aliphatic rings. The molecule has 3 nitrogen and oxygen atoms in total. The Kier molecular flexibility index (Phi) is 4.88. The Morgan fingerprint density at radius 3 is 2.71 bits per heavy atom. The van der Waals surface area contributed by atoms with Crippen LogP contribution in [-0.4, -0.2) is 16.3 Å². The first-order valence-corrected chi connectivity index (χ1v) is 5.00. The van der Waals surface area contributed by atoms with Gasteiger partial charge in [0.05, 0.1) is 0 Å². The van der Waals surface area contributed by atoms with Crippen LogP contribution in [0, 0.1) is 6.92 Å². The number of phenolic OH excluding ortho intramolecular Hbond substituents is 1. The summed E-state index contributed by atoms with van der Waals surface area (Å²) in [5.41, 5.74) is 1.80. The van der Waals surface area contributed by atoms with Crippen molar-refractivity contribution in [1.29, 1.82) is 0 Å². The van der Waals surface area contributed by atoms with Crippen molar-refractivity contribution in [3.63, 3.8) is 0 Å². The van der Waals surface area contributed by atoms with E-state index in [4.69, 9.17) is 0 Å². The normalized spacial score (nSPS) is 10.2. The van der Waals surface area contributed by atoms with Gasteiger partial charge in [-0.25, -0.2) is 9.98 Å². The van der Waals surface area contributed by atoms with Crippen molar-refractivity contribution in [1.82, 2.24) is 4.98 Å². The summed E-state index contributed by atoms with van der Waals surface area (Å²) in [7, 11) is 0. The summed E-state index contributed by atoms with van der Waals surface area (Å²) < 4.78 is 0. The molecule has 1 N–H and O–H groups in total. The van der Waals surface area contributed by atoms with Crippen LogP contribution in [0.25, 0.3) is 0 Å². The number of aromatic nitrogens is 1. The molecule has 1 radical (unpaired) electrons. The molecule has 0 aliphatic heterocycles. The zero-order valence-corrected chi connectivity index (χ0v) is 10.2. The number of aromatic hydroxyl groups is 1. The predicted molar refractivity (Wildman–Crippen MR) is 64.3 cm³/mol. The van der Waals surface area contributed by atoms with Gasteiger partial charge in [0.2, 0.25) is 0 Å². The van der Waals surface area contributed by atoms with Crippen LogP contribution in [0.3, 0.4) is 0 Å². The van der Waals surface area contributed by atoms with E-state index in [9.17, 15) is 5.11 Å². The molecule has 0 bridgehead atoms. The van der Waals surface area contributed by atoms with Gasteiger partial charge in [-0.1, -0.05) is 12.1 Å². The number of benzene rings is 1. The van der Waals surface area contributed by atoms with E-state index in [1.165, 1.54) is 0 Å². The number of aliphatic imine (C=N–C) groups is 1. The van der Waals surface area contributed by atoms with Crippen molar-refractivity contribution in [3.05, 3.63) is 53.7 Å². The van der Waals surface area contributed by atoms with Crippen LogP contribution in [0.4, 0.5) is 5.82 Å². The average molecular weight is 276 g/mol. The van der Waals surface area contributed by atoms with E-state index < -0.39 is 0 Å². The maximum Gasteiger partial charge on any atom is 0.151 e. The molecule has 0 atom stereocenters. The molecule has 0 unspecified atom stereocenters. The average Bonchev–Trinajstić information content (AvgIpc) is 2.28. The Bertz CT molecular complexity index is 526. The molecule has 4 heteroatoms. The zero-order valence-electron chi connectivity index (χ0n) is 9.26. The molecule has 0 spiro atoms. The monoisotopic (exact) mass is 275 g/mol. The summed E-state index contributed by atoms with van der Waals surface area (Å²) in [6, 6.07) is 10.9. The summed E-state index contributed by atoms with van der Waals surface area (Å²) in [6.45, 7) is 1.99. The molecule has 2 aromatic rings. The van der Waals surface area contributed by atoms with Crippen molar-refractivity contribution in [3.8, 4) is 5.75 Å². The minimum Gasteiger partial charge on any atom is -0.507 e. The van der Waals surface area contributed by atoms with Gasteiger partial charge < -0.3 is 5.11 Å². The van der Waals surface area contributed by atoms with Gasteiger partial charge in [-0.3, -0.25) is 0 Å². The Morgan fingerprint density at radius 2 is 2.00 bits per heavy atom. The number of pyridine rings is 1. The molecular formula is C13H12CuN2O. The van der Waals surface area contributed by atoms with Crippen molar-refractivity contribution in [2.75, 3.05) is 0 Å². The Hall–Kier alpha value is -1.64. The van der Waals surface area contributed by atoms with E-state index in [0.717, 1.165) is 5.56 Å². The van der Waals surface area contributed by atoms with Crippen LogP contribution < -0.4 is 0 Å². The Labute approximate surface area is 111 Å². The third-order valence-corrected chi connectivity index (χ3v) is 2.17. The SMILES string of the molecule is Cc1ccnc(N=Cc2ccccc2O)c1.[Cu]. The van der Waals surface area contributed by atoms with Crippen LogP contribution in [0.1, 0.15) is 11.1 Å². The number of hydrogen-bond donors (Lipinski definition) is 1. The fourth-order valence-corrected chi connectivity index (χ4v) is 1.32. The second kappa shape index (κ2) is 6.18. The van der Waals surface area contributed by atoms with Gasteiger partial charge in [-0.05, 0) is 36.8 Å². The first-order chi connectivity index (χ1) is 7.75. The maximum absolute atomic E-state index is 9.53.